The van der Waals surface area contributed by atoms with Gasteiger partial charge < -0.3 is 15.0 Å². The Morgan fingerprint density at radius 2 is 1.72 bits per heavy atom. The summed E-state index contributed by atoms with van der Waals surface area (Å²) in [4.78, 5) is 39.1. The van der Waals surface area contributed by atoms with Gasteiger partial charge in [-0.3, -0.25) is 14.4 Å². The fourth-order valence-electron chi connectivity index (χ4n) is 3.97. The summed E-state index contributed by atoms with van der Waals surface area (Å²) in [5.74, 6) is -0.285. The lowest BCUT2D eigenvalue weighted by Gasteiger charge is -2.35. The second-order valence-electron chi connectivity index (χ2n) is 8.47. The van der Waals surface area contributed by atoms with Crippen LogP contribution in [-0.4, -0.2) is 41.8 Å². The number of benzene rings is 2. The summed E-state index contributed by atoms with van der Waals surface area (Å²) < 4.78 is 5.05. The van der Waals surface area contributed by atoms with Gasteiger partial charge in [-0.05, 0) is 60.6 Å². The maximum atomic E-state index is 13.2. The number of piperidine rings is 1. The van der Waals surface area contributed by atoms with Crippen molar-refractivity contribution in [2.24, 2.45) is 5.92 Å². The molecule has 1 fully saturated rings. The average Bonchev–Trinajstić information content (AvgIpc) is 2.77. The van der Waals surface area contributed by atoms with Gasteiger partial charge in [-0.2, -0.15) is 0 Å². The molecule has 1 saturated heterocycles. The summed E-state index contributed by atoms with van der Waals surface area (Å²) in [5, 5.41) is 3.59. The van der Waals surface area contributed by atoms with Gasteiger partial charge in [-0.15, -0.1) is 0 Å². The Bertz CT molecular complexity index is 966. The lowest BCUT2D eigenvalue weighted by Crippen LogP contribution is -2.52. The molecule has 1 aliphatic heterocycles. The quantitative estimate of drug-likeness (QED) is 0.515. The Kier molecular flexibility index (Phi) is 7.91. The van der Waals surface area contributed by atoms with E-state index in [9.17, 15) is 14.4 Å². The van der Waals surface area contributed by atoms with E-state index in [1.807, 2.05) is 43.0 Å². The molecule has 1 atom stereocenters. The van der Waals surface area contributed by atoms with E-state index in [4.69, 9.17) is 16.3 Å². The molecule has 7 heteroatoms. The zero-order valence-electron chi connectivity index (χ0n) is 18.6. The smallest absolute Gasteiger partial charge is 0.308 e. The number of carbonyl (C=O) groups is 3. The normalized spacial score (nSPS) is 15.3. The van der Waals surface area contributed by atoms with Crippen LogP contribution in [0.3, 0.4) is 0 Å². The van der Waals surface area contributed by atoms with Crippen molar-refractivity contribution < 1.29 is 19.1 Å². The van der Waals surface area contributed by atoms with Gasteiger partial charge in [0, 0.05) is 30.6 Å². The highest BCUT2D eigenvalue weighted by Crippen LogP contribution is 2.29. The van der Waals surface area contributed by atoms with Crippen LogP contribution in [0.15, 0.2) is 48.5 Å². The third kappa shape index (κ3) is 6.10. The largest absolute Gasteiger partial charge is 0.427 e. The number of esters is 1. The number of rotatable bonds is 6. The van der Waals surface area contributed by atoms with E-state index in [2.05, 4.69) is 5.32 Å². The van der Waals surface area contributed by atoms with E-state index in [1.54, 1.807) is 18.2 Å². The van der Waals surface area contributed by atoms with E-state index in [-0.39, 0.29) is 17.7 Å². The zero-order valence-corrected chi connectivity index (χ0v) is 19.4. The fourth-order valence-corrected chi connectivity index (χ4v) is 4.10. The number of carbonyl (C=O) groups excluding carboxylic acids is 3. The zero-order chi connectivity index (χ0) is 23.3. The number of nitrogens with one attached hydrogen (secondary N) is 1. The minimum Gasteiger partial charge on any atom is -0.427 e. The van der Waals surface area contributed by atoms with Gasteiger partial charge in [0.1, 0.15) is 11.8 Å². The van der Waals surface area contributed by atoms with Gasteiger partial charge in [-0.1, -0.05) is 43.6 Å². The second kappa shape index (κ2) is 10.6. The molecule has 0 saturated carbocycles. The van der Waals surface area contributed by atoms with Crippen molar-refractivity contribution in [1.29, 1.82) is 0 Å². The topological polar surface area (TPSA) is 75.7 Å². The number of hydrogen-bond acceptors (Lipinski definition) is 4. The third-order valence-corrected chi connectivity index (χ3v) is 5.98. The summed E-state index contributed by atoms with van der Waals surface area (Å²) in [6.45, 7) is 6.42. The standard InChI is InChI=1S/C25H29ClN2O4/c1-16(2)23(27-24(30)20-5-4-6-22(15-20)32-17(3)29)25(31)28-13-11-19(12-14-28)18-7-9-21(26)10-8-18/h4-10,15-16,19,23H,11-14H2,1-3H3,(H,27,30)/t23-/m1/s1. The molecule has 2 amide bonds. The highest BCUT2D eigenvalue weighted by molar-refractivity contribution is 6.30. The van der Waals surface area contributed by atoms with E-state index in [0.29, 0.717) is 30.3 Å². The number of ether oxygens (including phenoxy) is 1. The molecule has 0 spiro atoms. The molecular weight excluding hydrogens is 428 g/mol. The maximum Gasteiger partial charge on any atom is 0.308 e. The van der Waals surface area contributed by atoms with Gasteiger partial charge in [0.15, 0.2) is 0 Å². The summed E-state index contributed by atoms with van der Waals surface area (Å²) >= 11 is 5.99. The van der Waals surface area contributed by atoms with Crippen LogP contribution in [0.5, 0.6) is 5.75 Å². The van der Waals surface area contributed by atoms with Crippen molar-refractivity contribution in [2.75, 3.05) is 13.1 Å². The molecule has 3 rings (SSSR count). The molecule has 6 nitrogen and oxygen atoms in total. The van der Waals surface area contributed by atoms with Gasteiger partial charge in [-0.25, -0.2) is 0 Å². The van der Waals surface area contributed by atoms with Gasteiger partial charge in [0.25, 0.3) is 5.91 Å². The first-order valence-electron chi connectivity index (χ1n) is 10.9. The monoisotopic (exact) mass is 456 g/mol. The molecule has 32 heavy (non-hydrogen) atoms. The highest BCUT2D eigenvalue weighted by Gasteiger charge is 2.31. The molecule has 1 aliphatic rings. The van der Waals surface area contributed by atoms with Crippen LogP contribution in [0.25, 0.3) is 0 Å². The first kappa shape index (κ1) is 23.8. The predicted octanol–water partition coefficient (Wildman–Crippen LogP) is 4.43. The molecular formula is C25H29ClN2O4. The minimum absolute atomic E-state index is 0.0703. The van der Waals surface area contributed by atoms with Crippen molar-refractivity contribution in [3.63, 3.8) is 0 Å². The lowest BCUT2D eigenvalue weighted by atomic mass is 9.89. The molecule has 0 bridgehead atoms. The summed E-state index contributed by atoms with van der Waals surface area (Å²) in [6.07, 6.45) is 1.74. The van der Waals surface area contributed by atoms with Crippen molar-refractivity contribution in [3.05, 3.63) is 64.7 Å². The van der Waals surface area contributed by atoms with E-state index in [0.717, 1.165) is 17.9 Å². The highest BCUT2D eigenvalue weighted by atomic mass is 35.5. The van der Waals surface area contributed by atoms with Crippen LogP contribution < -0.4 is 10.1 Å². The molecule has 170 valence electrons. The number of halogens is 1. The first-order valence-corrected chi connectivity index (χ1v) is 11.3. The van der Waals surface area contributed by atoms with Crippen LogP contribution in [-0.2, 0) is 9.59 Å². The van der Waals surface area contributed by atoms with E-state index >= 15 is 0 Å². The number of likely N-dealkylation sites (tertiary alicyclic amines) is 1. The van der Waals surface area contributed by atoms with Crippen LogP contribution in [0.2, 0.25) is 5.02 Å². The molecule has 2 aromatic rings. The molecule has 0 radical (unpaired) electrons. The Labute approximate surface area is 193 Å². The minimum atomic E-state index is -0.632. The molecule has 1 N–H and O–H groups in total. The van der Waals surface area contributed by atoms with Crippen LogP contribution in [0.1, 0.15) is 55.5 Å². The van der Waals surface area contributed by atoms with E-state index < -0.39 is 12.0 Å². The van der Waals surface area contributed by atoms with Crippen LogP contribution in [0, 0.1) is 5.92 Å². The van der Waals surface area contributed by atoms with Crippen molar-refractivity contribution in [3.8, 4) is 5.75 Å². The van der Waals surface area contributed by atoms with Crippen molar-refractivity contribution in [1.82, 2.24) is 10.2 Å². The Morgan fingerprint density at radius 1 is 1.06 bits per heavy atom. The fraction of sp³-hybridized carbons (Fsp3) is 0.400. The SMILES string of the molecule is CC(=O)Oc1cccc(C(=O)N[C@@H](C(=O)N2CCC(c3ccc(Cl)cc3)CC2)C(C)C)c1. The molecule has 0 aromatic heterocycles. The van der Waals surface area contributed by atoms with Crippen molar-refractivity contribution in [2.45, 2.75) is 45.6 Å². The lowest BCUT2D eigenvalue weighted by molar-refractivity contribution is -0.135. The van der Waals surface area contributed by atoms with Gasteiger partial charge in [0.2, 0.25) is 5.91 Å². The van der Waals surface area contributed by atoms with Gasteiger partial charge in [0.05, 0.1) is 0 Å². The van der Waals surface area contributed by atoms with Crippen molar-refractivity contribution >= 4 is 29.4 Å². The molecule has 0 unspecified atom stereocenters. The van der Waals surface area contributed by atoms with Gasteiger partial charge >= 0.3 is 5.97 Å². The summed E-state index contributed by atoms with van der Waals surface area (Å²) in [7, 11) is 0. The maximum absolute atomic E-state index is 13.2. The Balaban J connectivity index is 1.63. The first-order chi connectivity index (χ1) is 15.2. The Hall–Kier alpha value is -2.86. The Morgan fingerprint density at radius 3 is 2.31 bits per heavy atom. The second-order valence-corrected chi connectivity index (χ2v) is 8.90. The molecule has 0 aliphatic carbocycles. The average molecular weight is 457 g/mol. The number of amides is 2. The van der Waals surface area contributed by atoms with Crippen LogP contribution >= 0.6 is 11.6 Å². The van der Waals surface area contributed by atoms with E-state index in [1.165, 1.54) is 18.6 Å². The number of nitrogens with zero attached hydrogens (tertiary/aromatic N) is 1. The number of hydrogen-bond donors (Lipinski definition) is 1. The summed E-state index contributed by atoms with van der Waals surface area (Å²) in [6, 6.07) is 13.6. The third-order valence-electron chi connectivity index (χ3n) is 5.73. The molecule has 2 aromatic carbocycles. The summed E-state index contributed by atoms with van der Waals surface area (Å²) in [5.41, 5.74) is 1.58. The molecule has 1 heterocycles. The van der Waals surface area contributed by atoms with Crippen LogP contribution in [0.4, 0.5) is 0 Å². The predicted molar refractivity (Wildman–Crippen MR) is 124 cm³/mol.